The molecular formula is C18H24N4O2. The van der Waals surface area contributed by atoms with Gasteiger partial charge in [-0.1, -0.05) is 30.3 Å². The standard InChI is InChI=1S/C18H24N4O2/c1-22(12-14-5-3-2-4-6-14)17-11-16(15-7-10-24-13-15)20-18(21-17)19-8-9-23/h2-6,11,15,23H,7-10,12-13H2,1H3,(H,19,20,21). The Morgan fingerprint density at radius 2 is 2.12 bits per heavy atom. The van der Waals surface area contributed by atoms with Crippen molar-refractivity contribution in [1.82, 2.24) is 9.97 Å². The summed E-state index contributed by atoms with van der Waals surface area (Å²) in [6.45, 7) is 2.75. The number of benzene rings is 1. The van der Waals surface area contributed by atoms with Crippen LogP contribution < -0.4 is 10.2 Å². The maximum absolute atomic E-state index is 9.03. The van der Waals surface area contributed by atoms with E-state index in [1.165, 1.54) is 5.56 Å². The van der Waals surface area contributed by atoms with Gasteiger partial charge < -0.3 is 20.1 Å². The molecule has 6 nitrogen and oxygen atoms in total. The number of nitrogens with zero attached hydrogens (tertiary/aromatic N) is 3. The summed E-state index contributed by atoms with van der Waals surface area (Å²) in [4.78, 5) is 11.3. The summed E-state index contributed by atoms with van der Waals surface area (Å²) in [5.41, 5.74) is 2.23. The third kappa shape index (κ3) is 4.21. The lowest BCUT2D eigenvalue weighted by Crippen LogP contribution is -2.20. The van der Waals surface area contributed by atoms with Crippen LogP contribution in [0.5, 0.6) is 0 Å². The second kappa shape index (κ2) is 8.08. The molecule has 1 aliphatic rings. The fraction of sp³-hybridized carbons (Fsp3) is 0.444. The highest BCUT2D eigenvalue weighted by molar-refractivity contribution is 5.46. The van der Waals surface area contributed by atoms with Crippen molar-refractivity contribution in [2.45, 2.75) is 18.9 Å². The highest BCUT2D eigenvalue weighted by Crippen LogP contribution is 2.27. The summed E-state index contributed by atoms with van der Waals surface area (Å²) in [6, 6.07) is 12.4. The number of rotatable bonds is 7. The minimum absolute atomic E-state index is 0.0509. The van der Waals surface area contributed by atoms with Gasteiger partial charge in [-0.05, 0) is 12.0 Å². The van der Waals surface area contributed by atoms with Crippen molar-refractivity contribution in [3.05, 3.63) is 47.7 Å². The number of hydrogen-bond donors (Lipinski definition) is 2. The van der Waals surface area contributed by atoms with Crippen molar-refractivity contribution < 1.29 is 9.84 Å². The lowest BCUT2D eigenvalue weighted by Gasteiger charge is -2.21. The minimum atomic E-state index is 0.0509. The molecule has 1 atom stereocenters. The number of aliphatic hydroxyl groups excluding tert-OH is 1. The molecule has 1 aliphatic heterocycles. The summed E-state index contributed by atoms with van der Waals surface area (Å²) < 4.78 is 5.49. The quantitative estimate of drug-likeness (QED) is 0.810. The Morgan fingerprint density at radius 1 is 1.29 bits per heavy atom. The van der Waals surface area contributed by atoms with Gasteiger partial charge in [0.05, 0.1) is 18.9 Å². The number of nitrogens with one attached hydrogen (secondary N) is 1. The molecule has 3 rings (SSSR count). The molecule has 2 N–H and O–H groups in total. The highest BCUT2D eigenvalue weighted by atomic mass is 16.5. The van der Waals surface area contributed by atoms with Crippen molar-refractivity contribution in [1.29, 1.82) is 0 Å². The summed E-state index contributed by atoms with van der Waals surface area (Å²) in [7, 11) is 2.03. The predicted molar refractivity (Wildman–Crippen MR) is 94.3 cm³/mol. The van der Waals surface area contributed by atoms with E-state index in [1.54, 1.807) is 0 Å². The Hall–Kier alpha value is -2.18. The fourth-order valence-corrected chi connectivity index (χ4v) is 2.81. The number of ether oxygens (including phenoxy) is 1. The minimum Gasteiger partial charge on any atom is -0.395 e. The van der Waals surface area contributed by atoms with Crippen LogP contribution in [0.1, 0.15) is 23.6 Å². The van der Waals surface area contributed by atoms with E-state index in [1.807, 2.05) is 31.3 Å². The summed E-state index contributed by atoms with van der Waals surface area (Å²) >= 11 is 0. The fourth-order valence-electron chi connectivity index (χ4n) is 2.81. The lowest BCUT2D eigenvalue weighted by molar-refractivity contribution is 0.193. The van der Waals surface area contributed by atoms with E-state index < -0.39 is 0 Å². The predicted octanol–water partition coefficient (Wildman–Crippen LogP) is 2.02. The van der Waals surface area contributed by atoms with Gasteiger partial charge in [-0.3, -0.25) is 0 Å². The van der Waals surface area contributed by atoms with Crippen LogP contribution in [0.3, 0.4) is 0 Å². The van der Waals surface area contributed by atoms with E-state index in [-0.39, 0.29) is 6.61 Å². The van der Waals surface area contributed by atoms with Gasteiger partial charge in [0.25, 0.3) is 0 Å². The SMILES string of the molecule is CN(Cc1ccccc1)c1cc(C2CCOC2)nc(NCCO)n1. The molecule has 128 valence electrons. The summed E-state index contributed by atoms with van der Waals surface area (Å²) in [5, 5.41) is 12.1. The third-order valence-corrected chi connectivity index (χ3v) is 4.13. The van der Waals surface area contributed by atoms with Gasteiger partial charge in [-0.2, -0.15) is 4.98 Å². The zero-order valence-corrected chi connectivity index (χ0v) is 14.0. The first-order chi connectivity index (χ1) is 11.8. The molecule has 0 saturated carbocycles. The van der Waals surface area contributed by atoms with Crippen LogP contribution in [0.25, 0.3) is 0 Å². The van der Waals surface area contributed by atoms with Gasteiger partial charge in [0.2, 0.25) is 5.95 Å². The molecule has 1 aromatic heterocycles. The molecule has 0 aliphatic carbocycles. The van der Waals surface area contributed by atoms with Gasteiger partial charge in [-0.15, -0.1) is 0 Å². The van der Waals surface area contributed by atoms with E-state index in [0.29, 0.717) is 25.0 Å². The van der Waals surface area contributed by atoms with E-state index in [2.05, 4.69) is 32.3 Å². The Kier molecular flexibility index (Phi) is 5.61. The first-order valence-electron chi connectivity index (χ1n) is 8.33. The molecule has 24 heavy (non-hydrogen) atoms. The van der Waals surface area contributed by atoms with Gasteiger partial charge in [0.15, 0.2) is 0 Å². The van der Waals surface area contributed by atoms with Crippen molar-refractivity contribution in [3.8, 4) is 0 Å². The van der Waals surface area contributed by atoms with Crippen LogP contribution in [0.2, 0.25) is 0 Å². The Balaban J connectivity index is 1.82. The topological polar surface area (TPSA) is 70.5 Å². The maximum atomic E-state index is 9.03. The van der Waals surface area contributed by atoms with Crippen LogP contribution in [0, 0.1) is 0 Å². The molecule has 0 radical (unpaired) electrons. The lowest BCUT2D eigenvalue weighted by atomic mass is 10.0. The molecular weight excluding hydrogens is 304 g/mol. The van der Waals surface area contributed by atoms with Crippen molar-refractivity contribution >= 4 is 11.8 Å². The third-order valence-electron chi connectivity index (χ3n) is 4.13. The van der Waals surface area contributed by atoms with Crippen LogP contribution in [0.4, 0.5) is 11.8 Å². The molecule has 0 bridgehead atoms. The Morgan fingerprint density at radius 3 is 2.83 bits per heavy atom. The van der Waals surface area contributed by atoms with Gasteiger partial charge in [-0.25, -0.2) is 4.98 Å². The Labute approximate surface area is 142 Å². The zero-order valence-electron chi connectivity index (χ0n) is 14.0. The van der Waals surface area contributed by atoms with E-state index >= 15 is 0 Å². The number of aromatic nitrogens is 2. The smallest absolute Gasteiger partial charge is 0.224 e. The van der Waals surface area contributed by atoms with Gasteiger partial charge >= 0.3 is 0 Å². The second-order valence-corrected chi connectivity index (χ2v) is 6.03. The first-order valence-corrected chi connectivity index (χ1v) is 8.33. The average Bonchev–Trinajstić information content (AvgIpc) is 3.15. The normalized spacial score (nSPS) is 17.0. The van der Waals surface area contributed by atoms with Gasteiger partial charge in [0, 0.05) is 38.7 Å². The summed E-state index contributed by atoms with van der Waals surface area (Å²) in [5.74, 6) is 1.74. The zero-order chi connectivity index (χ0) is 16.8. The number of hydrogen-bond acceptors (Lipinski definition) is 6. The van der Waals surface area contributed by atoms with E-state index in [4.69, 9.17) is 9.84 Å². The van der Waals surface area contributed by atoms with Crippen molar-refractivity contribution in [3.63, 3.8) is 0 Å². The molecule has 0 amide bonds. The van der Waals surface area contributed by atoms with Crippen LogP contribution in [-0.2, 0) is 11.3 Å². The average molecular weight is 328 g/mol. The molecule has 6 heteroatoms. The molecule has 1 fully saturated rings. The largest absolute Gasteiger partial charge is 0.395 e. The molecule has 1 unspecified atom stereocenters. The van der Waals surface area contributed by atoms with Crippen LogP contribution in [0.15, 0.2) is 36.4 Å². The van der Waals surface area contributed by atoms with Crippen molar-refractivity contribution in [2.24, 2.45) is 0 Å². The van der Waals surface area contributed by atoms with Crippen LogP contribution in [-0.4, -0.2) is 48.5 Å². The second-order valence-electron chi connectivity index (χ2n) is 6.03. The number of aliphatic hydroxyl groups is 1. The Bertz CT molecular complexity index is 645. The first kappa shape index (κ1) is 16.7. The maximum Gasteiger partial charge on any atom is 0.224 e. The molecule has 1 saturated heterocycles. The summed E-state index contributed by atoms with van der Waals surface area (Å²) in [6.07, 6.45) is 0.984. The molecule has 2 heterocycles. The van der Waals surface area contributed by atoms with Crippen molar-refractivity contribution in [2.75, 3.05) is 43.6 Å². The van der Waals surface area contributed by atoms with Gasteiger partial charge in [0.1, 0.15) is 5.82 Å². The highest BCUT2D eigenvalue weighted by Gasteiger charge is 2.21. The molecule has 2 aromatic rings. The molecule has 1 aromatic carbocycles. The van der Waals surface area contributed by atoms with E-state index in [9.17, 15) is 0 Å². The number of anilines is 2. The van der Waals surface area contributed by atoms with E-state index in [0.717, 1.165) is 31.1 Å². The monoisotopic (exact) mass is 328 g/mol. The van der Waals surface area contributed by atoms with Crippen LogP contribution >= 0.6 is 0 Å². The molecule has 0 spiro atoms.